The van der Waals surface area contributed by atoms with Crippen LogP contribution in [0.15, 0.2) is 12.4 Å². The Balaban J connectivity index is 1.49. The third-order valence-electron chi connectivity index (χ3n) is 6.99. The molecule has 2 saturated carbocycles. The topological polar surface area (TPSA) is 115 Å². The van der Waals surface area contributed by atoms with Crippen molar-refractivity contribution in [3.05, 3.63) is 24.0 Å². The number of hydrogen-bond donors (Lipinski definition) is 3. The second-order valence-electron chi connectivity index (χ2n) is 9.11. The minimum Gasteiger partial charge on any atom is -0.428 e. The van der Waals surface area contributed by atoms with E-state index >= 15 is 0 Å². The molecule has 0 radical (unpaired) electrons. The Labute approximate surface area is 188 Å². The van der Waals surface area contributed by atoms with Gasteiger partial charge in [-0.15, -0.1) is 0 Å². The molecule has 0 aromatic carbocycles. The lowest BCUT2D eigenvalue weighted by molar-refractivity contribution is -0.189. The van der Waals surface area contributed by atoms with E-state index in [0.29, 0.717) is 12.8 Å². The molecule has 12 heteroatoms. The predicted molar refractivity (Wildman–Crippen MR) is 109 cm³/mol. The molecule has 8 nitrogen and oxygen atoms in total. The Hall–Kier alpha value is -2.79. The van der Waals surface area contributed by atoms with E-state index in [9.17, 15) is 22.4 Å². The Bertz CT molecular complexity index is 936. The maximum atomic E-state index is 13.7. The monoisotopic (exact) mass is 470 g/mol. The highest BCUT2D eigenvalue weighted by Crippen LogP contribution is 2.49. The van der Waals surface area contributed by atoms with Gasteiger partial charge in [0.15, 0.2) is 11.7 Å². The van der Waals surface area contributed by atoms with Crippen LogP contribution in [0, 0.1) is 22.6 Å². The summed E-state index contributed by atoms with van der Waals surface area (Å²) in [6, 6.07) is -1.07. The molecule has 0 spiro atoms. The second kappa shape index (κ2) is 8.53. The summed E-state index contributed by atoms with van der Waals surface area (Å²) in [6.45, 7) is 1.41. The highest BCUT2D eigenvalue weighted by Gasteiger charge is 2.60. The molecule has 4 rings (SSSR count). The summed E-state index contributed by atoms with van der Waals surface area (Å²) in [5, 5.41) is 18.6. The first-order valence-electron chi connectivity index (χ1n) is 11.0. The summed E-state index contributed by atoms with van der Waals surface area (Å²) in [5.41, 5.74) is -0.919. The number of piperidine rings is 1. The zero-order valence-electron chi connectivity index (χ0n) is 18.1. The molecule has 1 aromatic rings. The number of fused-ring (bicyclic) bond motifs is 2. The van der Waals surface area contributed by atoms with Gasteiger partial charge < -0.3 is 15.0 Å². The van der Waals surface area contributed by atoms with Crippen molar-refractivity contribution in [3.63, 3.8) is 0 Å². The van der Waals surface area contributed by atoms with Crippen molar-refractivity contribution in [2.45, 2.75) is 81.6 Å². The molecule has 5 atom stereocenters. The molecule has 1 aromatic heterocycles. The molecule has 2 heterocycles. The zero-order valence-corrected chi connectivity index (χ0v) is 18.1. The third kappa shape index (κ3) is 4.39. The van der Waals surface area contributed by atoms with Crippen LogP contribution in [0.4, 0.5) is 22.4 Å². The maximum Gasteiger partial charge on any atom is 0.392 e. The molecule has 3 N–H and O–H groups in total. The summed E-state index contributed by atoms with van der Waals surface area (Å²) in [4.78, 5) is 22.3. The molecule has 5 unspecified atom stereocenters. The second-order valence-corrected chi connectivity index (χ2v) is 9.11. The third-order valence-corrected chi connectivity index (χ3v) is 6.99. The number of aromatic nitrogens is 2. The van der Waals surface area contributed by atoms with Crippen LogP contribution in [0.3, 0.4) is 0 Å². The quantitative estimate of drug-likeness (QED) is 0.350. The largest absolute Gasteiger partial charge is 0.428 e. The number of carbonyl (C=O) groups is 1. The summed E-state index contributed by atoms with van der Waals surface area (Å²) < 4.78 is 59.4. The van der Waals surface area contributed by atoms with Gasteiger partial charge in [-0.1, -0.05) is 0 Å². The van der Waals surface area contributed by atoms with Gasteiger partial charge in [0.1, 0.15) is 11.4 Å². The lowest BCUT2D eigenvalue weighted by atomic mass is 9.68. The van der Waals surface area contributed by atoms with Crippen molar-refractivity contribution in [2.24, 2.45) is 5.92 Å². The van der Waals surface area contributed by atoms with Crippen LogP contribution in [0.1, 0.15) is 63.6 Å². The number of urea groups is 1. The lowest BCUT2D eigenvalue weighted by Crippen LogP contribution is -2.75. The Morgan fingerprint density at radius 2 is 1.94 bits per heavy atom. The van der Waals surface area contributed by atoms with E-state index in [-0.39, 0.29) is 42.9 Å². The smallest absolute Gasteiger partial charge is 0.392 e. The van der Waals surface area contributed by atoms with Crippen molar-refractivity contribution in [2.75, 3.05) is 0 Å². The maximum absolute atomic E-state index is 13.7. The van der Waals surface area contributed by atoms with Gasteiger partial charge in [-0.2, -0.15) is 13.2 Å². The van der Waals surface area contributed by atoms with Gasteiger partial charge in [-0.25, -0.2) is 19.2 Å². The van der Waals surface area contributed by atoms with Crippen LogP contribution in [0.25, 0.3) is 0 Å². The molecule has 2 aliphatic carbocycles. The SMILES string of the molecule is CC(=N)OC(=N)C12CCCC(C1)N2C(=O)NC1CCC(C(F)(F)F)C(c2ncc(F)cn2)C1. The number of alkyl halides is 3. The van der Waals surface area contributed by atoms with E-state index in [0.717, 1.165) is 25.2 Å². The zero-order chi connectivity index (χ0) is 24.0. The number of nitrogens with one attached hydrogen (secondary N) is 3. The summed E-state index contributed by atoms with van der Waals surface area (Å²) in [7, 11) is 0. The van der Waals surface area contributed by atoms with Gasteiger partial charge >= 0.3 is 12.2 Å². The van der Waals surface area contributed by atoms with Crippen LogP contribution in [0.2, 0.25) is 0 Å². The van der Waals surface area contributed by atoms with E-state index < -0.39 is 41.4 Å². The van der Waals surface area contributed by atoms with E-state index in [4.69, 9.17) is 15.6 Å². The molecular formula is C21H26F4N6O2. The van der Waals surface area contributed by atoms with E-state index in [1.807, 2.05) is 0 Å². The van der Waals surface area contributed by atoms with Crippen LogP contribution < -0.4 is 5.32 Å². The number of hydrogen-bond acceptors (Lipinski definition) is 6. The normalized spacial score (nSPS) is 31.4. The Morgan fingerprint density at radius 3 is 2.55 bits per heavy atom. The summed E-state index contributed by atoms with van der Waals surface area (Å²) in [5.74, 6) is -3.90. The highest BCUT2D eigenvalue weighted by molar-refractivity contribution is 5.97. The fraction of sp³-hybridized carbons (Fsp3) is 0.667. The first-order chi connectivity index (χ1) is 15.5. The number of carbonyl (C=O) groups excluding carboxylic acids is 1. The van der Waals surface area contributed by atoms with E-state index in [2.05, 4.69) is 15.3 Å². The van der Waals surface area contributed by atoms with Crippen molar-refractivity contribution in [3.8, 4) is 0 Å². The molecule has 3 fully saturated rings. The molecule has 3 aliphatic rings. The average molecular weight is 470 g/mol. The fourth-order valence-corrected chi connectivity index (χ4v) is 5.56. The molecule has 180 valence electrons. The van der Waals surface area contributed by atoms with Gasteiger partial charge in [0.25, 0.3) is 0 Å². The standard InChI is InChI=1S/C21H26F4N6O2/c1-11(26)33-18(27)20-6-2-3-14(8-20)31(20)19(32)30-13-4-5-16(21(23,24)25)15(7-13)17-28-9-12(22)10-29-17/h9-10,13-16,26-27H,2-8H2,1H3,(H,30,32). The molecule has 33 heavy (non-hydrogen) atoms. The molecular weight excluding hydrogens is 444 g/mol. The van der Waals surface area contributed by atoms with Gasteiger partial charge in [-0.3, -0.25) is 10.8 Å². The van der Waals surface area contributed by atoms with Crippen LogP contribution in [-0.2, 0) is 4.74 Å². The van der Waals surface area contributed by atoms with Crippen LogP contribution in [-0.4, -0.2) is 56.5 Å². The number of rotatable bonds is 3. The van der Waals surface area contributed by atoms with Crippen LogP contribution >= 0.6 is 0 Å². The average Bonchev–Trinajstić information content (AvgIpc) is 2.73. The van der Waals surface area contributed by atoms with Crippen molar-refractivity contribution in [1.29, 1.82) is 10.8 Å². The Kier molecular flexibility index (Phi) is 6.04. The molecule has 1 saturated heterocycles. The van der Waals surface area contributed by atoms with Gasteiger partial charge in [-0.05, 0) is 38.5 Å². The Morgan fingerprint density at radius 1 is 1.24 bits per heavy atom. The number of ether oxygens (including phenoxy) is 1. The highest BCUT2D eigenvalue weighted by atomic mass is 19.4. The van der Waals surface area contributed by atoms with Gasteiger partial charge in [0.2, 0.25) is 5.90 Å². The first-order valence-corrected chi connectivity index (χ1v) is 11.0. The minimum atomic E-state index is -4.47. The van der Waals surface area contributed by atoms with Gasteiger partial charge in [0.05, 0.1) is 18.3 Å². The number of halogens is 4. The molecule has 2 amide bonds. The van der Waals surface area contributed by atoms with Crippen molar-refractivity contribution in [1.82, 2.24) is 20.2 Å². The predicted octanol–water partition coefficient (Wildman–Crippen LogP) is 4.13. The van der Waals surface area contributed by atoms with Crippen LogP contribution in [0.5, 0.6) is 0 Å². The summed E-state index contributed by atoms with van der Waals surface area (Å²) >= 11 is 0. The van der Waals surface area contributed by atoms with E-state index in [1.165, 1.54) is 6.92 Å². The lowest BCUT2D eigenvalue weighted by Gasteiger charge is -2.61. The van der Waals surface area contributed by atoms with Gasteiger partial charge in [0, 0.05) is 31.3 Å². The molecule has 1 aliphatic heterocycles. The summed E-state index contributed by atoms with van der Waals surface area (Å²) in [6.07, 6.45) is -0.174. The first kappa shape index (κ1) is 23.4. The fourth-order valence-electron chi connectivity index (χ4n) is 5.56. The number of nitrogens with zero attached hydrogens (tertiary/aromatic N) is 3. The van der Waals surface area contributed by atoms with Crippen molar-refractivity contribution < 1.29 is 27.1 Å². The van der Waals surface area contributed by atoms with Crippen molar-refractivity contribution >= 4 is 17.8 Å². The number of amides is 2. The number of likely N-dealkylation sites (tertiary alicyclic amines) is 1. The molecule has 2 bridgehead atoms. The van der Waals surface area contributed by atoms with E-state index in [1.54, 1.807) is 4.90 Å². The minimum absolute atomic E-state index is 0.0272.